The van der Waals surface area contributed by atoms with Crippen LogP contribution in [0.3, 0.4) is 0 Å². The summed E-state index contributed by atoms with van der Waals surface area (Å²) in [6.07, 6.45) is 4.31. The van der Waals surface area contributed by atoms with Crippen LogP contribution in [0, 0.1) is 0 Å². The zero-order chi connectivity index (χ0) is 21.8. The van der Waals surface area contributed by atoms with E-state index in [-0.39, 0.29) is 13.1 Å². The molecule has 1 amide bonds. The van der Waals surface area contributed by atoms with E-state index in [9.17, 15) is 19.2 Å². The molecule has 2 heterocycles. The maximum Gasteiger partial charge on any atom is 0.337 e. The lowest BCUT2D eigenvalue weighted by Crippen LogP contribution is -2.56. The van der Waals surface area contributed by atoms with Crippen LogP contribution in [0.1, 0.15) is 12.0 Å². The van der Waals surface area contributed by atoms with Gasteiger partial charge >= 0.3 is 17.1 Å². The van der Waals surface area contributed by atoms with Gasteiger partial charge in [-0.25, -0.2) is 28.1 Å². The molecule has 3 rings (SSSR count). The summed E-state index contributed by atoms with van der Waals surface area (Å²) in [7, 11) is 1.58. The Morgan fingerprint density at radius 3 is 2.20 bits per heavy atom. The van der Waals surface area contributed by atoms with Crippen LogP contribution in [-0.2, 0) is 30.8 Å². The molecular weight excluding hydrogens is 388 g/mol. The summed E-state index contributed by atoms with van der Waals surface area (Å²) in [4.78, 5) is 52.6. The van der Waals surface area contributed by atoms with Gasteiger partial charge in [-0.3, -0.25) is 4.79 Å². The third-order valence-corrected chi connectivity index (χ3v) is 5.01. The minimum atomic E-state index is -0.842. The molecular formula is C21H24N4O5. The van der Waals surface area contributed by atoms with Crippen LogP contribution in [0.15, 0.2) is 57.9 Å². The summed E-state index contributed by atoms with van der Waals surface area (Å²) < 4.78 is 7.78. The summed E-state index contributed by atoms with van der Waals surface area (Å²) in [6.45, 7) is 6.93. The van der Waals surface area contributed by atoms with Gasteiger partial charge in [0, 0.05) is 12.2 Å². The van der Waals surface area contributed by atoms with Gasteiger partial charge in [-0.2, -0.15) is 0 Å². The Morgan fingerprint density at radius 1 is 1.03 bits per heavy atom. The number of allylic oxidation sites excluding steroid dienone is 2. The molecule has 0 radical (unpaired) electrons. The lowest BCUT2D eigenvalue weighted by molar-refractivity contribution is -0.119. The number of nitrogens with zero attached hydrogens (tertiary/aromatic N) is 4. The predicted molar refractivity (Wildman–Crippen MR) is 113 cm³/mol. The average molecular weight is 412 g/mol. The van der Waals surface area contributed by atoms with Crippen LogP contribution in [-0.4, -0.2) is 33.3 Å². The number of methoxy groups -OCH3 is 1. The summed E-state index contributed by atoms with van der Waals surface area (Å²) in [5, 5.41) is 0. The average Bonchev–Trinajstić information content (AvgIpc) is 2.76. The highest BCUT2D eigenvalue weighted by molar-refractivity contribution is 5.94. The van der Waals surface area contributed by atoms with Crippen molar-refractivity contribution in [3.63, 3.8) is 0 Å². The third-order valence-electron chi connectivity index (χ3n) is 5.01. The van der Waals surface area contributed by atoms with Crippen molar-refractivity contribution in [3.05, 3.63) is 80.5 Å². The molecule has 1 aliphatic rings. The fourth-order valence-electron chi connectivity index (χ4n) is 3.57. The third kappa shape index (κ3) is 3.78. The van der Waals surface area contributed by atoms with Crippen molar-refractivity contribution >= 4 is 11.6 Å². The van der Waals surface area contributed by atoms with Gasteiger partial charge in [0.1, 0.15) is 12.3 Å². The SMILES string of the molecule is C=CCn1c(=O)n(CC=C)c(=O)n(CC(=O)N2CCCc3cc(OC)ccc32)c1=O. The molecule has 0 aliphatic carbocycles. The molecule has 9 heteroatoms. The number of hydrogen-bond acceptors (Lipinski definition) is 5. The Morgan fingerprint density at radius 2 is 1.63 bits per heavy atom. The largest absolute Gasteiger partial charge is 0.497 e. The summed E-state index contributed by atoms with van der Waals surface area (Å²) >= 11 is 0. The van der Waals surface area contributed by atoms with E-state index in [1.54, 1.807) is 24.1 Å². The molecule has 1 aromatic carbocycles. The first kappa shape index (κ1) is 21.1. The second-order valence-corrected chi connectivity index (χ2v) is 6.88. The molecule has 2 aromatic rings. The minimum Gasteiger partial charge on any atom is -0.497 e. The molecule has 9 nitrogen and oxygen atoms in total. The van der Waals surface area contributed by atoms with Crippen molar-refractivity contribution in [1.82, 2.24) is 13.7 Å². The minimum absolute atomic E-state index is 0.0738. The number of amides is 1. The van der Waals surface area contributed by atoms with Gasteiger partial charge in [-0.05, 0) is 36.6 Å². The smallest absolute Gasteiger partial charge is 0.337 e. The standard InChI is InChI=1S/C21H24N4O5/c1-4-10-23-19(27)24(11-5-2)21(29)25(20(23)28)14-18(26)22-12-6-7-15-13-16(30-3)8-9-17(15)22/h4-5,8-9,13H,1-2,6-7,10-12,14H2,3H3. The van der Waals surface area contributed by atoms with Gasteiger partial charge in [-0.15, -0.1) is 13.2 Å². The van der Waals surface area contributed by atoms with Crippen molar-refractivity contribution in [3.8, 4) is 5.75 Å². The molecule has 0 unspecified atom stereocenters. The first-order valence-electron chi connectivity index (χ1n) is 9.56. The number of carbonyl (C=O) groups excluding carboxylic acids is 1. The van der Waals surface area contributed by atoms with Crippen LogP contribution in [0.2, 0.25) is 0 Å². The van der Waals surface area contributed by atoms with E-state index < -0.39 is 29.5 Å². The predicted octanol–water partition coefficient (Wildman–Crippen LogP) is 0.532. The Balaban J connectivity index is 2.03. The van der Waals surface area contributed by atoms with Crippen LogP contribution in [0.5, 0.6) is 5.75 Å². The fraction of sp³-hybridized carbons (Fsp3) is 0.333. The normalized spacial score (nSPS) is 12.9. The molecule has 0 fully saturated rings. The first-order valence-corrected chi connectivity index (χ1v) is 9.56. The molecule has 158 valence electrons. The molecule has 1 aliphatic heterocycles. The topological polar surface area (TPSA) is 95.5 Å². The van der Waals surface area contributed by atoms with Crippen LogP contribution >= 0.6 is 0 Å². The zero-order valence-electron chi connectivity index (χ0n) is 16.9. The first-order chi connectivity index (χ1) is 14.4. The highest BCUT2D eigenvalue weighted by atomic mass is 16.5. The molecule has 0 N–H and O–H groups in total. The number of aryl methyl sites for hydroxylation is 1. The number of aromatic nitrogens is 3. The Bertz CT molecular complexity index is 1120. The van der Waals surface area contributed by atoms with Crippen LogP contribution in [0.4, 0.5) is 5.69 Å². The summed E-state index contributed by atoms with van der Waals surface area (Å²) in [5.41, 5.74) is -0.757. The highest BCUT2D eigenvalue weighted by Gasteiger charge is 2.25. The van der Waals surface area contributed by atoms with E-state index in [4.69, 9.17) is 4.74 Å². The number of ether oxygens (including phenoxy) is 1. The van der Waals surface area contributed by atoms with Gasteiger partial charge in [0.25, 0.3) is 0 Å². The van der Waals surface area contributed by atoms with Crippen molar-refractivity contribution < 1.29 is 9.53 Å². The number of carbonyl (C=O) groups is 1. The lowest BCUT2D eigenvalue weighted by atomic mass is 10.0. The number of fused-ring (bicyclic) bond motifs is 1. The Labute approximate surface area is 172 Å². The molecule has 0 saturated heterocycles. The molecule has 0 bridgehead atoms. The van der Waals surface area contributed by atoms with Crippen LogP contribution < -0.4 is 26.7 Å². The summed E-state index contributed by atoms with van der Waals surface area (Å²) in [6, 6.07) is 5.43. The van der Waals surface area contributed by atoms with E-state index >= 15 is 0 Å². The van der Waals surface area contributed by atoms with Crippen LogP contribution in [0.25, 0.3) is 0 Å². The van der Waals surface area contributed by atoms with Gasteiger partial charge in [0.2, 0.25) is 5.91 Å². The van der Waals surface area contributed by atoms with Gasteiger partial charge in [0.05, 0.1) is 20.2 Å². The number of anilines is 1. The lowest BCUT2D eigenvalue weighted by Gasteiger charge is -2.30. The molecule has 0 spiro atoms. The molecule has 0 saturated carbocycles. The quantitative estimate of drug-likeness (QED) is 0.619. The van der Waals surface area contributed by atoms with Gasteiger partial charge in [-0.1, -0.05) is 12.2 Å². The Hall–Kier alpha value is -3.62. The highest BCUT2D eigenvalue weighted by Crippen LogP contribution is 2.30. The monoisotopic (exact) mass is 412 g/mol. The van der Waals surface area contributed by atoms with Gasteiger partial charge < -0.3 is 9.64 Å². The molecule has 30 heavy (non-hydrogen) atoms. The van der Waals surface area contributed by atoms with E-state index in [1.165, 1.54) is 12.2 Å². The van der Waals surface area contributed by atoms with Crippen molar-refractivity contribution in [2.24, 2.45) is 0 Å². The Kier molecular flexibility index (Phi) is 6.20. The molecule has 1 aromatic heterocycles. The second-order valence-electron chi connectivity index (χ2n) is 6.88. The molecule has 0 atom stereocenters. The second kappa shape index (κ2) is 8.81. The van der Waals surface area contributed by atoms with Gasteiger partial charge in [0.15, 0.2) is 0 Å². The summed E-state index contributed by atoms with van der Waals surface area (Å²) in [5.74, 6) is 0.289. The number of rotatable bonds is 7. The maximum atomic E-state index is 13.1. The van der Waals surface area contributed by atoms with Crippen molar-refractivity contribution in [1.29, 1.82) is 0 Å². The van der Waals surface area contributed by atoms with Crippen molar-refractivity contribution in [2.75, 3.05) is 18.6 Å². The zero-order valence-corrected chi connectivity index (χ0v) is 16.9. The van der Waals surface area contributed by atoms with E-state index in [0.29, 0.717) is 12.3 Å². The van der Waals surface area contributed by atoms with Crippen molar-refractivity contribution in [2.45, 2.75) is 32.5 Å². The number of benzene rings is 1. The maximum absolute atomic E-state index is 13.1. The number of hydrogen-bond donors (Lipinski definition) is 0. The van der Waals surface area contributed by atoms with E-state index in [2.05, 4.69) is 13.2 Å². The fourth-order valence-corrected chi connectivity index (χ4v) is 3.57. The van der Waals surface area contributed by atoms with E-state index in [0.717, 1.165) is 37.8 Å². The van der Waals surface area contributed by atoms with E-state index in [1.807, 2.05) is 6.07 Å².